The summed E-state index contributed by atoms with van der Waals surface area (Å²) in [6, 6.07) is 11.6. The van der Waals surface area contributed by atoms with Gasteiger partial charge in [0.15, 0.2) is 0 Å². The summed E-state index contributed by atoms with van der Waals surface area (Å²) in [5, 5.41) is 10.2. The van der Waals surface area contributed by atoms with Crippen LogP contribution in [0.3, 0.4) is 0 Å². The average Bonchev–Trinajstić information content (AvgIpc) is 3.39. The van der Waals surface area contributed by atoms with Gasteiger partial charge in [0.25, 0.3) is 5.91 Å². The van der Waals surface area contributed by atoms with Crippen molar-refractivity contribution in [1.82, 2.24) is 14.9 Å². The Morgan fingerprint density at radius 3 is 2.61 bits per heavy atom. The van der Waals surface area contributed by atoms with Crippen LogP contribution in [-0.4, -0.2) is 58.3 Å². The minimum Gasteiger partial charge on any atom is -0.393 e. The topological polar surface area (TPSA) is 75.5 Å². The molecule has 170 valence electrons. The van der Waals surface area contributed by atoms with E-state index in [1.54, 1.807) is 17.2 Å². The van der Waals surface area contributed by atoms with Crippen molar-refractivity contribution in [2.45, 2.75) is 31.3 Å². The first kappa shape index (κ1) is 22.0. The maximum absolute atomic E-state index is 12.8. The normalized spacial score (nSPS) is 19.1. The number of halogens is 1. The molecular formula is C26H26ClN3O3. The lowest BCUT2D eigenvalue weighted by Gasteiger charge is -2.29. The van der Waals surface area contributed by atoms with Crippen LogP contribution in [0.4, 0.5) is 0 Å². The zero-order valence-corrected chi connectivity index (χ0v) is 19.0. The van der Waals surface area contributed by atoms with Crippen molar-refractivity contribution in [2.75, 3.05) is 26.3 Å². The SMILES string of the molecule is O=C(c1ccc(-c2cncc(-c3ccnc(C4CCOC4)c3)c2)c(Cl)c1)N1CCC(O)CC1. The lowest BCUT2D eigenvalue weighted by atomic mass is 9.98. The van der Waals surface area contributed by atoms with Crippen LogP contribution in [0.15, 0.2) is 55.0 Å². The van der Waals surface area contributed by atoms with Crippen LogP contribution in [0, 0.1) is 0 Å². The van der Waals surface area contributed by atoms with Gasteiger partial charge in [-0.2, -0.15) is 0 Å². The fourth-order valence-electron chi connectivity index (χ4n) is 4.50. The van der Waals surface area contributed by atoms with Crippen molar-refractivity contribution in [2.24, 2.45) is 0 Å². The molecule has 0 aliphatic carbocycles. The number of rotatable bonds is 4. The highest BCUT2D eigenvalue weighted by atomic mass is 35.5. The van der Waals surface area contributed by atoms with Gasteiger partial charge >= 0.3 is 0 Å². The molecule has 5 rings (SSSR count). The minimum absolute atomic E-state index is 0.0533. The predicted octanol–water partition coefficient (Wildman–Crippen LogP) is 4.56. The van der Waals surface area contributed by atoms with Gasteiger partial charge in [-0.1, -0.05) is 17.7 Å². The Labute approximate surface area is 198 Å². The highest BCUT2D eigenvalue weighted by molar-refractivity contribution is 6.33. The van der Waals surface area contributed by atoms with Gasteiger partial charge in [-0.3, -0.25) is 14.8 Å². The van der Waals surface area contributed by atoms with Crippen molar-refractivity contribution in [3.63, 3.8) is 0 Å². The van der Waals surface area contributed by atoms with Gasteiger partial charge in [0.1, 0.15) is 0 Å². The van der Waals surface area contributed by atoms with E-state index in [1.807, 2.05) is 30.6 Å². The van der Waals surface area contributed by atoms with Crippen molar-refractivity contribution >= 4 is 17.5 Å². The molecule has 1 amide bonds. The fourth-order valence-corrected chi connectivity index (χ4v) is 4.79. The lowest BCUT2D eigenvalue weighted by Crippen LogP contribution is -2.40. The molecule has 1 N–H and O–H groups in total. The molecule has 0 radical (unpaired) electrons. The largest absolute Gasteiger partial charge is 0.393 e. The molecule has 0 saturated carbocycles. The number of carbonyl (C=O) groups is 1. The van der Waals surface area contributed by atoms with E-state index >= 15 is 0 Å². The van der Waals surface area contributed by atoms with E-state index in [-0.39, 0.29) is 12.0 Å². The summed E-state index contributed by atoms with van der Waals surface area (Å²) < 4.78 is 5.51. The third-order valence-corrected chi connectivity index (χ3v) is 6.79. The van der Waals surface area contributed by atoms with E-state index in [1.165, 1.54) is 0 Å². The fraction of sp³-hybridized carbons (Fsp3) is 0.346. The molecule has 0 bridgehead atoms. The number of aromatic nitrogens is 2. The molecule has 6 nitrogen and oxygen atoms in total. The first-order valence-corrected chi connectivity index (χ1v) is 11.7. The van der Waals surface area contributed by atoms with Gasteiger partial charge in [0, 0.05) is 77.2 Å². The average molecular weight is 464 g/mol. The Hall–Kier alpha value is -2.80. The van der Waals surface area contributed by atoms with Crippen LogP contribution in [-0.2, 0) is 4.74 Å². The molecule has 2 saturated heterocycles. The number of amides is 1. The van der Waals surface area contributed by atoms with Crippen molar-refractivity contribution in [3.05, 3.63) is 71.3 Å². The Morgan fingerprint density at radius 2 is 1.85 bits per heavy atom. The Kier molecular flexibility index (Phi) is 6.40. The van der Waals surface area contributed by atoms with Gasteiger partial charge in [-0.15, -0.1) is 0 Å². The highest BCUT2D eigenvalue weighted by Gasteiger charge is 2.23. The Bertz CT molecular complexity index is 1160. The summed E-state index contributed by atoms with van der Waals surface area (Å²) in [5.41, 5.74) is 5.35. The number of pyridine rings is 2. The zero-order valence-electron chi connectivity index (χ0n) is 18.3. The van der Waals surface area contributed by atoms with Gasteiger partial charge in [0.2, 0.25) is 0 Å². The molecule has 4 heterocycles. The summed E-state index contributed by atoms with van der Waals surface area (Å²) in [4.78, 5) is 23.6. The number of carbonyl (C=O) groups excluding carboxylic acids is 1. The molecule has 1 atom stereocenters. The summed E-state index contributed by atoms with van der Waals surface area (Å²) in [6.07, 6.45) is 7.36. The van der Waals surface area contributed by atoms with Gasteiger partial charge in [0.05, 0.1) is 12.7 Å². The second kappa shape index (κ2) is 9.59. The van der Waals surface area contributed by atoms with Crippen LogP contribution in [0.5, 0.6) is 0 Å². The van der Waals surface area contributed by atoms with Crippen LogP contribution < -0.4 is 0 Å². The molecular weight excluding hydrogens is 438 g/mol. The molecule has 0 spiro atoms. The smallest absolute Gasteiger partial charge is 0.253 e. The first-order valence-electron chi connectivity index (χ1n) is 11.3. The number of likely N-dealkylation sites (tertiary alicyclic amines) is 1. The molecule has 7 heteroatoms. The monoisotopic (exact) mass is 463 g/mol. The molecule has 2 aliphatic heterocycles. The number of nitrogens with zero attached hydrogens (tertiary/aromatic N) is 3. The standard InChI is InChI=1S/C26H26ClN3O3/c27-24-12-18(26(32)30-8-4-22(31)5-9-30)1-2-23(24)21-11-20(14-28-15-21)17-3-7-29-25(13-17)19-6-10-33-16-19/h1-3,7,11-15,19,22,31H,4-6,8-10,16H2. The van der Waals surface area contributed by atoms with Crippen molar-refractivity contribution < 1.29 is 14.6 Å². The van der Waals surface area contributed by atoms with E-state index in [4.69, 9.17) is 16.3 Å². The summed E-state index contributed by atoms with van der Waals surface area (Å²) in [7, 11) is 0. The molecule has 1 aromatic carbocycles. The van der Waals surface area contributed by atoms with Crippen LogP contribution in [0.25, 0.3) is 22.3 Å². The van der Waals surface area contributed by atoms with Gasteiger partial charge < -0.3 is 14.7 Å². The Morgan fingerprint density at radius 1 is 1.03 bits per heavy atom. The molecule has 2 aromatic heterocycles. The zero-order chi connectivity index (χ0) is 22.8. The quantitative estimate of drug-likeness (QED) is 0.613. The van der Waals surface area contributed by atoms with E-state index in [0.29, 0.717) is 49.0 Å². The number of aliphatic hydroxyl groups excluding tert-OH is 1. The maximum atomic E-state index is 12.8. The predicted molar refractivity (Wildman–Crippen MR) is 127 cm³/mol. The van der Waals surface area contributed by atoms with Crippen LogP contribution in [0.2, 0.25) is 5.02 Å². The Balaban J connectivity index is 1.39. The lowest BCUT2D eigenvalue weighted by molar-refractivity contribution is 0.0546. The molecule has 2 fully saturated rings. The summed E-state index contributed by atoms with van der Waals surface area (Å²) >= 11 is 6.62. The molecule has 3 aromatic rings. The van der Waals surface area contributed by atoms with Gasteiger partial charge in [-0.05, 0) is 55.2 Å². The third-order valence-electron chi connectivity index (χ3n) is 6.48. The van der Waals surface area contributed by atoms with E-state index in [9.17, 15) is 9.90 Å². The van der Waals surface area contributed by atoms with E-state index < -0.39 is 0 Å². The third kappa shape index (κ3) is 4.78. The number of hydrogen-bond donors (Lipinski definition) is 1. The first-order chi connectivity index (χ1) is 16.1. The number of benzene rings is 1. The van der Waals surface area contributed by atoms with Crippen molar-refractivity contribution in [3.8, 4) is 22.3 Å². The van der Waals surface area contributed by atoms with E-state index in [0.717, 1.165) is 41.0 Å². The number of aliphatic hydroxyl groups is 1. The molecule has 2 aliphatic rings. The molecule has 33 heavy (non-hydrogen) atoms. The van der Waals surface area contributed by atoms with E-state index in [2.05, 4.69) is 22.1 Å². The number of ether oxygens (including phenoxy) is 1. The number of piperidine rings is 1. The van der Waals surface area contributed by atoms with Crippen LogP contribution >= 0.6 is 11.6 Å². The molecule has 1 unspecified atom stereocenters. The second-order valence-electron chi connectivity index (χ2n) is 8.71. The number of hydrogen-bond acceptors (Lipinski definition) is 5. The summed E-state index contributed by atoms with van der Waals surface area (Å²) in [6.45, 7) is 2.62. The van der Waals surface area contributed by atoms with Crippen LogP contribution in [0.1, 0.15) is 41.2 Å². The summed E-state index contributed by atoms with van der Waals surface area (Å²) in [5.74, 6) is 0.284. The minimum atomic E-state index is -0.317. The maximum Gasteiger partial charge on any atom is 0.253 e. The second-order valence-corrected chi connectivity index (χ2v) is 9.12. The highest BCUT2D eigenvalue weighted by Crippen LogP contribution is 2.33. The van der Waals surface area contributed by atoms with Gasteiger partial charge in [-0.25, -0.2) is 0 Å². The van der Waals surface area contributed by atoms with Crippen molar-refractivity contribution in [1.29, 1.82) is 0 Å².